The zero-order valence-corrected chi connectivity index (χ0v) is 11.4. The highest BCUT2D eigenvalue weighted by Gasteiger charge is 2.17. The molecule has 0 bridgehead atoms. The molecule has 1 aliphatic heterocycles. The van der Waals surface area contributed by atoms with Crippen molar-refractivity contribution in [1.82, 2.24) is 20.1 Å². The second-order valence-electron chi connectivity index (χ2n) is 4.73. The predicted molar refractivity (Wildman–Crippen MR) is 71.9 cm³/mol. The molecule has 6 nitrogen and oxygen atoms in total. The van der Waals surface area contributed by atoms with E-state index < -0.39 is 0 Å². The van der Waals surface area contributed by atoms with E-state index in [1.807, 2.05) is 24.6 Å². The fourth-order valence-electron chi connectivity index (χ4n) is 2.11. The number of aryl methyl sites for hydroxylation is 1. The summed E-state index contributed by atoms with van der Waals surface area (Å²) in [4.78, 5) is 25.6. The Morgan fingerprint density at radius 1 is 1.32 bits per heavy atom. The number of hydrogen-bond donors (Lipinski definition) is 2. The summed E-state index contributed by atoms with van der Waals surface area (Å²) in [6.45, 7) is 5.04. The minimum Gasteiger partial charge on any atom is -0.344 e. The molecule has 0 atom stereocenters. The van der Waals surface area contributed by atoms with Gasteiger partial charge >= 0.3 is 0 Å². The van der Waals surface area contributed by atoms with Gasteiger partial charge in [0.1, 0.15) is 5.69 Å². The van der Waals surface area contributed by atoms with Gasteiger partial charge in [-0.3, -0.25) is 9.59 Å². The van der Waals surface area contributed by atoms with Crippen LogP contribution < -0.4 is 10.6 Å². The van der Waals surface area contributed by atoms with Crippen molar-refractivity contribution in [3.63, 3.8) is 0 Å². The Hall–Kier alpha value is -1.82. The summed E-state index contributed by atoms with van der Waals surface area (Å²) in [5.74, 6) is -0.236. The monoisotopic (exact) mass is 264 g/mol. The fraction of sp³-hybridized carbons (Fsp3) is 0.538. The van der Waals surface area contributed by atoms with Crippen molar-refractivity contribution in [3.05, 3.63) is 23.5 Å². The van der Waals surface area contributed by atoms with Crippen molar-refractivity contribution in [2.24, 2.45) is 7.05 Å². The number of carbonyl (C=O) groups is 2. The molecule has 1 aromatic heterocycles. The largest absolute Gasteiger partial charge is 0.344 e. The topological polar surface area (TPSA) is 66.4 Å². The van der Waals surface area contributed by atoms with Gasteiger partial charge in [-0.05, 0) is 19.1 Å². The first-order valence-corrected chi connectivity index (χ1v) is 6.48. The maximum absolute atomic E-state index is 12.0. The first-order chi connectivity index (χ1) is 9.09. The highest BCUT2D eigenvalue weighted by atomic mass is 16.2. The Morgan fingerprint density at radius 3 is 2.58 bits per heavy atom. The second kappa shape index (κ2) is 5.88. The van der Waals surface area contributed by atoms with Gasteiger partial charge in [0.15, 0.2) is 0 Å². The van der Waals surface area contributed by atoms with E-state index in [1.54, 1.807) is 11.0 Å². The molecular formula is C13H20N4O2. The van der Waals surface area contributed by atoms with Crippen LogP contribution in [0.3, 0.4) is 0 Å². The first kappa shape index (κ1) is 13.6. The van der Waals surface area contributed by atoms with Crippen LogP contribution in [0.2, 0.25) is 0 Å². The fourth-order valence-corrected chi connectivity index (χ4v) is 2.11. The molecule has 1 fully saturated rings. The molecule has 19 heavy (non-hydrogen) atoms. The molecule has 6 heteroatoms. The normalized spacial score (nSPS) is 15.4. The number of nitrogens with one attached hydrogen (secondary N) is 2. The molecule has 0 saturated carbocycles. The maximum atomic E-state index is 12.0. The van der Waals surface area contributed by atoms with Gasteiger partial charge in [0.2, 0.25) is 5.91 Å². The lowest BCUT2D eigenvalue weighted by molar-refractivity contribution is -0.130. The van der Waals surface area contributed by atoms with Gasteiger partial charge in [0.25, 0.3) is 5.91 Å². The zero-order valence-electron chi connectivity index (χ0n) is 11.4. The lowest BCUT2D eigenvalue weighted by Gasteiger charge is -2.27. The summed E-state index contributed by atoms with van der Waals surface area (Å²) < 4.78 is 1.81. The van der Waals surface area contributed by atoms with Gasteiger partial charge < -0.3 is 20.1 Å². The van der Waals surface area contributed by atoms with E-state index in [1.165, 1.54) is 0 Å². The van der Waals surface area contributed by atoms with Crippen LogP contribution in [0.1, 0.15) is 16.2 Å². The van der Waals surface area contributed by atoms with Gasteiger partial charge in [-0.15, -0.1) is 0 Å². The highest BCUT2D eigenvalue weighted by molar-refractivity contribution is 5.95. The van der Waals surface area contributed by atoms with Crippen LogP contribution in [-0.2, 0) is 11.8 Å². The van der Waals surface area contributed by atoms with Crippen molar-refractivity contribution < 1.29 is 9.59 Å². The molecule has 0 aliphatic carbocycles. The Kier molecular flexibility index (Phi) is 4.21. The molecule has 104 valence electrons. The van der Waals surface area contributed by atoms with E-state index in [0.29, 0.717) is 18.8 Å². The summed E-state index contributed by atoms with van der Waals surface area (Å²) in [7, 11) is 1.84. The Labute approximate surface area is 112 Å². The molecular weight excluding hydrogens is 244 g/mol. The molecule has 2 N–H and O–H groups in total. The summed E-state index contributed by atoms with van der Waals surface area (Å²) in [6.07, 6.45) is 0. The molecule has 0 spiro atoms. The van der Waals surface area contributed by atoms with Crippen molar-refractivity contribution in [3.8, 4) is 0 Å². The minimum atomic E-state index is -0.209. The quantitative estimate of drug-likeness (QED) is 0.773. The average Bonchev–Trinajstić information content (AvgIpc) is 2.77. The van der Waals surface area contributed by atoms with Crippen LogP contribution in [0.4, 0.5) is 0 Å². The molecule has 0 unspecified atom stereocenters. The van der Waals surface area contributed by atoms with Crippen LogP contribution in [0.5, 0.6) is 0 Å². The van der Waals surface area contributed by atoms with Gasteiger partial charge in [-0.1, -0.05) is 0 Å². The number of rotatable bonds is 3. The van der Waals surface area contributed by atoms with Crippen molar-refractivity contribution in [1.29, 1.82) is 0 Å². The molecule has 1 aliphatic rings. The van der Waals surface area contributed by atoms with Gasteiger partial charge in [0.05, 0.1) is 6.54 Å². The van der Waals surface area contributed by atoms with E-state index in [9.17, 15) is 9.59 Å². The lowest BCUT2D eigenvalue weighted by Crippen LogP contribution is -2.49. The van der Waals surface area contributed by atoms with Gasteiger partial charge in [-0.2, -0.15) is 0 Å². The number of amides is 2. The van der Waals surface area contributed by atoms with Gasteiger partial charge in [-0.25, -0.2) is 0 Å². The Morgan fingerprint density at radius 2 is 2.00 bits per heavy atom. The Bertz CT molecular complexity index is 475. The number of aromatic nitrogens is 1. The summed E-state index contributed by atoms with van der Waals surface area (Å²) in [5, 5.41) is 5.86. The summed E-state index contributed by atoms with van der Waals surface area (Å²) in [5.41, 5.74) is 1.59. The molecule has 2 amide bonds. The van der Waals surface area contributed by atoms with E-state index in [0.717, 1.165) is 18.8 Å². The van der Waals surface area contributed by atoms with Crippen LogP contribution in [0, 0.1) is 6.92 Å². The smallest absolute Gasteiger partial charge is 0.268 e. The van der Waals surface area contributed by atoms with Crippen LogP contribution in [-0.4, -0.2) is 54.0 Å². The standard InChI is InChI=1S/C13H20N4O2/c1-10-3-4-11(16(10)2)13(19)15-9-12(18)17-7-5-14-6-8-17/h3-4,14H,5-9H2,1-2H3,(H,15,19). The number of hydrogen-bond acceptors (Lipinski definition) is 3. The highest BCUT2D eigenvalue weighted by Crippen LogP contribution is 2.05. The molecule has 0 radical (unpaired) electrons. The number of nitrogens with zero attached hydrogens (tertiary/aromatic N) is 2. The molecule has 2 rings (SSSR count). The van der Waals surface area contributed by atoms with Crippen molar-refractivity contribution in [2.75, 3.05) is 32.7 Å². The van der Waals surface area contributed by atoms with Crippen molar-refractivity contribution in [2.45, 2.75) is 6.92 Å². The van der Waals surface area contributed by atoms with Crippen molar-refractivity contribution >= 4 is 11.8 Å². The lowest BCUT2D eigenvalue weighted by atomic mass is 10.3. The minimum absolute atomic E-state index is 0.0271. The van der Waals surface area contributed by atoms with Gasteiger partial charge in [0, 0.05) is 38.9 Å². The number of carbonyl (C=O) groups excluding carboxylic acids is 2. The molecule has 0 aromatic carbocycles. The van der Waals surface area contributed by atoms with E-state index in [4.69, 9.17) is 0 Å². The zero-order chi connectivity index (χ0) is 13.8. The van der Waals surface area contributed by atoms with E-state index in [-0.39, 0.29) is 18.4 Å². The first-order valence-electron chi connectivity index (χ1n) is 6.48. The summed E-state index contributed by atoms with van der Waals surface area (Å²) in [6, 6.07) is 3.65. The third kappa shape index (κ3) is 3.14. The summed E-state index contributed by atoms with van der Waals surface area (Å²) >= 11 is 0. The molecule has 1 saturated heterocycles. The third-order valence-corrected chi connectivity index (χ3v) is 3.48. The van der Waals surface area contributed by atoms with Crippen LogP contribution >= 0.6 is 0 Å². The third-order valence-electron chi connectivity index (χ3n) is 3.48. The van der Waals surface area contributed by atoms with Crippen LogP contribution in [0.15, 0.2) is 12.1 Å². The number of piperazine rings is 1. The SMILES string of the molecule is Cc1ccc(C(=O)NCC(=O)N2CCNCC2)n1C. The maximum Gasteiger partial charge on any atom is 0.268 e. The van der Waals surface area contributed by atoms with Crippen LogP contribution in [0.25, 0.3) is 0 Å². The molecule has 1 aromatic rings. The average molecular weight is 264 g/mol. The predicted octanol–water partition coefficient (Wildman–Crippen LogP) is -0.505. The van der Waals surface area contributed by atoms with E-state index >= 15 is 0 Å². The molecule has 2 heterocycles. The second-order valence-corrected chi connectivity index (χ2v) is 4.73. The van der Waals surface area contributed by atoms with E-state index in [2.05, 4.69) is 10.6 Å². The Balaban J connectivity index is 1.86.